The third-order valence-electron chi connectivity index (χ3n) is 2.51. The topological polar surface area (TPSA) is 44.4 Å². The summed E-state index contributed by atoms with van der Waals surface area (Å²) in [5.41, 5.74) is 1.89. The Bertz CT molecular complexity index is 346. The summed E-state index contributed by atoms with van der Waals surface area (Å²) in [5, 5.41) is 5.96. The lowest BCUT2D eigenvalue weighted by Gasteiger charge is -2.10. The first-order valence-electron chi connectivity index (χ1n) is 5.80. The summed E-state index contributed by atoms with van der Waals surface area (Å²) in [6.45, 7) is 2.82. The zero-order valence-electron chi connectivity index (χ0n) is 10.8. The Kier molecular flexibility index (Phi) is 5.66. The molecule has 0 aliphatic carbocycles. The molecule has 0 spiro atoms. The Labute approximate surface area is 103 Å². The molecule has 0 saturated carbocycles. The molecule has 1 amide bonds. The molecule has 1 aromatic rings. The Morgan fingerprint density at radius 3 is 2.41 bits per heavy atom. The Morgan fingerprint density at radius 1 is 1.24 bits per heavy atom. The van der Waals surface area contributed by atoms with Gasteiger partial charge >= 0.3 is 0 Å². The van der Waals surface area contributed by atoms with Gasteiger partial charge in [-0.15, -0.1) is 0 Å². The molecule has 0 radical (unpaired) electrons. The Hall–Kier alpha value is -1.39. The van der Waals surface area contributed by atoms with Gasteiger partial charge in [-0.2, -0.15) is 0 Å². The molecule has 0 heterocycles. The number of amides is 1. The third kappa shape index (κ3) is 4.97. The quantitative estimate of drug-likeness (QED) is 0.713. The minimum Gasteiger partial charge on any atom is -0.355 e. The minimum atomic E-state index is -0.0443. The fourth-order valence-corrected chi connectivity index (χ4v) is 1.45. The summed E-state index contributed by atoms with van der Waals surface area (Å²) >= 11 is 0. The van der Waals surface area contributed by atoms with Crippen LogP contribution in [0.2, 0.25) is 0 Å². The molecule has 0 aromatic heterocycles. The number of nitrogens with one attached hydrogen (secondary N) is 2. The molecule has 0 bridgehead atoms. The number of rotatable bonds is 6. The summed E-state index contributed by atoms with van der Waals surface area (Å²) in [7, 11) is 5.75. The predicted molar refractivity (Wildman–Crippen MR) is 70.1 cm³/mol. The number of hydrogen-bond donors (Lipinski definition) is 2. The maximum absolute atomic E-state index is 11.3. The lowest BCUT2D eigenvalue weighted by atomic mass is 10.1. The van der Waals surface area contributed by atoms with Gasteiger partial charge in [0.15, 0.2) is 0 Å². The summed E-state index contributed by atoms with van der Waals surface area (Å²) in [6, 6.07) is 7.66. The molecule has 4 nitrogen and oxygen atoms in total. The number of hydrogen-bond acceptors (Lipinski definition) is 3. The number of nitrogens with zero attached hydrogens (tertiary/aromatic N) is 1. The zero-order chi connectivity index (χ0) is 12.7. The van der Waals surface area contributed by atoms with E-state index >= 15 is 0 Å². The van der Waals surface area contributed by atoms with Crippen LogP contribution in [0.15, 0.2) is 24.3 Å². The second-order valence-corrected chi connectivity index (χ2v) is 4.26. The molecular formula is C13H21N3O. The molecule has 0 aliphatic heterocycles. The van der Waals surface area contributed by atoms with Crippen molar-refractivity contribution >= 4 is 5.91 Å². The molecule has 0 saturated heterocycles. The monoisotopic (exact) mass is 235 g/mol. The van der Waals surface area contributed by atoms with Gasteiger partial charge < -0.3 is 15.5 Å². The first kappa shape index (κ1) is 13.7. The molecule has 0 fully saturated rings. The normalized spacial score (nSPS) is 10.6. The van der Waals surface area contributed by atoms with Gasteiger partial charge in [0.1, 0.15) is 0 Å². The van der Waals surface area contributed by atoms with Crippen LogP contribution in [-0.4, -0.2) is 45.0 Å². The number of carbonyl (C=O) groups excluding carboxylic acids is 1. The van der Waals surface area contributed by atoms with E-state index in [1.165, 1.54) is 5.56 Å². The van der Waals surface area contributed by atoms with E-state index in [0.717, 1.165) is 19.6 Å². The standard InChI is InChI=1S/C13H21N3O/c1-14-13(17)12-6-4-11(5-7-12)10-15-8-9-16(2)3/h4-7,15H,8-10H2,1-3H3,(H,14,17). The fourth-order valence-electron chi connectivity index (χ4n) is 1.45. The molecule has 0 atom stereocenters. The van der Waals surface area contributed by atoms with Gasteiger partial charge in [-0.1, -0.05) is 12.1 Å². The molecule has 0 unspecified atom stereocenters. The number of likely N-dealkylation sites (N-methyl/N-ethyl adjacent to an activating group) is 1. The second kappa shape index (κ2) is 7.04. The van der Waals surface area contributed by atoms with Gasteiger partial charge in [-0.25, -0.2) is 0 Å². The lowest BCUT2D eigenvalue weighted by Crippen LogP contribution is -2.26. The van der Waals surface area contributed by atoms with E-state index in [1.54, 1.807) is 7.05 Å². The smallest absolute Gasteiger partial charge is 0.251 e. The van der Waals surface area contributed by atoms with Crippen LogP contribution in [0.25, 0.3) is 0 Å². The van der Waals surface area contributed by atoms with Crippen molar-refractivity contribution < 1.29 is 4.79 Å². The second-order valence-electron chi connectivity index (χ2n) is 4.26. The van der Waals surface area contributed by atoms with Gasteiger partial charge in [0, 0.05) is 32.2 Å². The van der Waals surface area contributed by atoms with Gasteiger partial charge in [0.25, 0.3) is 5.91 Å². The van der Waals surface area contributed by atoms with Crippen molar-refractivity contribution in [3.63, 3.8) is 0 Å². The van der Waals surface area contributed by atoms with Gasteiger partial charge in [-0.05, 0) is 31.8 Å². The highest BCUT2D eigenvalue weighted by molar-refractivity contribution is 5.93. The van der Waals surface area contributed by atoms with E-state index in [4.69, 9.17) is 0 Å². The van der Waals surface area contributed by atoms with E-state index in [1.807, 2.05) is 24.3 Å². The van der Waals surface area contributed by atoms with Crippen LogP contribution in [0.1, 0.15) is 15.9 Å². The molecular weight excluding hydrogens is 214 g/mol. The first-order chi connectivity index (χ1) is 8.13. The lowest BCUT2D eigenvalue weighted by molar-refractivity contribution is 0.0963. The molecule has 1 rings (SSSR count). The number of benzene rings is 1. The van der Waals surface area contributed by atoms with Crippen LogP contribution in [-0.2, 0) is 6.54 Å². The van der Waals surface area contributed by atoms with Crippen molar-refractivity contribution in [1.29, 1.82) is 0 Å². The van der Waals surface area contributed by atoms with Crippen LogP contribution >= 0.6 is 0 Å². The van der Waals surface area contributed by atoms with Crippen molar-refractivity contribution in [3.8, 4) is 0 Å². The van der Waals surface area contributed by atoms with Gasteiger partial charge in [-0.3, -0.25) is 4.79 Å². The third-order valence-corrected chi connectivity index (χ3v) is 2.51. The predicted octanol–water partition coefficient (Wildman–Crippen LogP) is 0.697. The summed E-state index contributed by atoms with van der Waals surface area (Å²) in [6.07, 6.45) is 0. The summed E-state index contributed by atoms with van der Waals surface area (Å²) < 4.78 is 0. The van der Waals surface area contributed by atoms with E-state index in [-0.39, 0.29) is 5.91 Å². The van der Waals surface area contributed by atoms with E-state index in [2.05, 4.69) is 29.6 Å². The van der Waals surface area contributed by atoms with Crippen molar-refractivity contribution in [2.24, 2.45) is 0 Å². The SMILES string of the molecule is CNC(=O)c1ccc(CNCCN(C)C)cc1. The largest absolute Gasteiger partial charge is 0.355 e. The van der Waals surface area contributed by atoms with Crippen LogP contribution < -0.4 is 10.6 Å². The van der Waals surface area contributed by atoms with Crippen molar-refractivity contribution in [2.75, 3.05) is 34.2 Å². The molecule has 1 aromatic carbocycles. The highest BCUT2D eigenvalue weighted by Gasteiger charge is 2.01. The average molecular weight is 235 g/mol. The maximum atomic E-state index is 11.3. The average Bonchev–Trinajstić information content (AvgIpc) is 2.34. The zero-order valence-corrected chi connectivity index (χ0v) is 10.8. The highest BCUT2D eigenvalue weighted by Crippen LogP contribution is 2.03. The molecule has 94 valence electrons. The number of carbonyl (C=O) groups is 1. The minimum absolute atomic E-state index is 0.0443. The van der Waals surface area contributed by atoms with Gasteiger partial charge in [0.2, 0.25) is 0 Å². The molecule has 4 heteroatoms. The first-order valence-corrected chi connectivity index (χ1v) is 5.80. The van der Waals surface area contributed by atoms with E-state index < -0.39 is 0 Å². The molecule has 17 heavy (non-hydrogen) atoms. The maximum Gasteiger partial charge on any atom is 0.251 e. The van der Waals surface area contributed by atoms with Crippen LogP contribution in [0.4, 0.5) is 0 Å². The molecule has 2 N–H and O–H groups in total. The summed E-state index contributed by atoms with van der Waals surface area (Å²) in [4.78, 5) is 13.5. The van der Waals surface area contributed by atoms with Crippen LogP contribution in [0.5, 0.6) is 0 Å². The van der Waals surface area contributed by atoms with Crippen LogP contribution in [0, 0.1) is 0 Å². The van der Waals surface area contributed by atoms with Crippen molar-refractivity contribution in [3.05, 3.63) is 35.4 Å². The highest BCUT2D eigenvalue weighted by atomic mass is 16.1. The van der Waals surface area contributed by atoms with Crippen LogP contribution in [0.3, 0.4) is 0 Å². The Balaban J connectivity index is 2.38. The molecule has 0 aliphatic rings. The fraction of sp³-hybridized carbons (Fsp3) is 0.462. The van der Waals surface area contributed by atoms with Gasteiger partial charge in [0.05, 0.1) is 0 Å². The van der Waals surface area contributed by atoms with Crippen molar-refractivity contribution in [1.82, 2.24) is 15.5 Å². The summed E-state index contributed by atoms with van der Waals surface area (Å²) in [5.74, 6) is -0.0443. The van der Waals surface area contributed by atoms with E-state index in [0.29, 0.717) is 5.56 Å². The Morgan fingerprint density at radius 2 is 1.88 bits per heavy atom. The van der Waals surface area contributed by atoms with Crippen molar-refractivity contribution in [2.45, 2.75) is 6.54 Å². The van der Waals surface area contributed by atoms with E-state index in [9.17, 15) is 4.79 Å².